The number of carbonyl (C=O) groups excluding carboxylic acids is 1. The van der Waals surface area contributed by atoms with Crippen LogP contribution in [0.15, 0.2) is 66.5 Å². The van der Waals surface area contributed by atoms with E-state index in [1.54, 1.807) is 56.3 Å². The van der Waals surface area contributed by atoms with Gasteiger partial charge in [-0.3, -0.25) is 4.79 Å². The number of hydrogen-bond acceptors (Lipinski definition) is 2. The first-order valence-corrected chi connectivity index (χ1v) is 8.40. The summed E-state index contributed by atoms with van der Waals surface area (Å²) < 4.78 is 44.9. The van der Waals surface area contributed by atoms with Gasteiger partial charge in [0.1, 0.15) is 0 Å². The van der Waals surface area contributed by atoms with Crippen LogP contribution in [0.25, 0.3) is 0 Å². The van der Waals surface area contributed by atoms with Gasteiger partial charge in [-0.2, -0.15) is 8.78 Å². The van der Waals surface area contributed by atoms with Gasteiger partial charge in [-0.15, -0.1) is 0 Å². The third-order valence-electron chi connectivity index (χ3n) is 3.90. The largest absolute Gasteiger partial charge is 0.449 e. The molecule has 0 aliphatic carbocycles. The quantitative estimate of drug-likeness (QED) is 0.537. The highest BCUT2D eigenvalue weighted by molar-refractivity contribution is 6.30. The van der Waals surface area contributed by atoms with Crippen molar-refractivity contribution in [2.24, 2.45) is 5.92 Å². The van der Waals surface area contributed by atoms with Gasteiger partial charge in [0.05, 0.1) is 5.92 Å². The Morgan fingerprint density at radius 1 is 0.923 bits per heavy atom. The molecule has 0 spiro atoms. The molecule has 0 aliphatic rings. The Balaban J connectivity index is 2.35. The van der Waals surface area contributed by atoms with Gasteiger partial charge in [-0.25, -0.2) is 4.39 Å². The van der Waals surface area contributed by atoms with Gasteiger partial charge in [0, 0.05) is 5.02 Å². The number of hydrogen-bond donors (Lipinski definition) is 0. The van der Waals surface area contributed by atoms with Crippen molar-refractivity contribution < 1.29 is 22.7 Å². The molecule has 2 rings (SSSR count). The second-order valence-corrected chi connectivity index (χ2v) is 6.55. The lowest BCUT2D eigenvalue weighted by Crippen LogP contribution is -2.23. The van der Waals surface area contributed by atoms with E-state index in [9.17, 15) is 18.0 Å². The van der Waals surface area contributed by atoms with E-state index in [0.717, 1.165) is 0 Å². The fraction of sp³-hybridized carbons (Fsp3) is 0.250. The Morgan fingerprint density at radius 2 is 1.50 bits per heavy atom. The SMILES string of the molecule is CC(C)C(C(=O)OC(C(F)=C(F)F)c1ccccc1)c1ccc(Cl)cc1. The predicted molar refractivity (Wildman–Crippen MR) is 94.7 cm³/mol. The average Bonchev–Trinajstić information content (AvgIpc) is 2.61. The summed E-state index contributed by atoms with van der Waals surface area (Å²) >= 11 is 5.86. The van der Waals surface area contributed by atoms with E-state index in [2.05, 4.69) is 0 Å². The molecule has 2 atom stereocenters. The minimum Gasteiger partial charge on any atom is -0.449 e. The monoisotopic (exact) mass is 382 g/mol. The number of rotatable bonds is 6. The molecule has 0 aromatic heterocycles. The molecule has 0 saturated heterocycles. The van der Waals surface area contributed by atoms with Crippen molar-refractivity contribution in [1.29, 1.82) is 0 Å². The fourth-order valence-electron chi connectivity index (χ4n) is 2.65. The number of halogens is 4. The first-order valence-electron chi connectivity index (χ1n) is 8.02. The standard InChI is InChI=1S/C20H18ClF3O2/c1-12(2)16(13-8-10-15(21)11-9-13)20(25)26-18(17(22)19(23)24)14-6-4-3-5-7-14/h3-12,16,18H,1-2H3. The number of carbonyl (C=O) groups is 1. The first-order chi connectivity index (χ1) is 12.3. The second kappa shape index (κ2) is 8.90. The zero-order valence-electron chi connectivity index (χ0n) is 14.3. The molecule has 0 aliphatic heterocycles. The van der Waals surface area contributed by atoms with E-state index in [4.69, 9.17) is 16.3 Å². The summed E-state index contributed by atoms with van der Waals surface area (Å²) in [5.41, 5.74) is 0.746. The van der Waals surface area contributed by atoms with Gasteiger partial charge < -0.3 is 4.74 Å². The molecular formula is C20H18ClF3O2. The molecule has 0 fully saturated rings. The molecule has 26 heavy (non-hydrogen) atoms. The molecule has 138 valence electrons. The maximum absolute atomic E-state index is 14.0. The van der Waals surface area contributed by atoms with Gasteiger partial charge in [-0.1, -0.05) is 67.9 Å². The van der Waals surface area contributed by atoms with E-state index in [1.165, 1.54) is 12.1 Å². The molecule has 2 aromatic rings. The van der Waals surface area contributed by atoms with Crippen LogP contribution in [0.1, 0.15) is 37.0 Å². The zero-order valence-corrected chi connectivity index (χ0v) is 15.0. The van der Waals surface area contributed by atoms with Crippen LogP contribution in [0.2, 0.25) is 5.02 Å². The van der Waals surface area contributed by atoms with Gasteiger partial charge in [0.15, 0.2) is 6.10 Å². The van der Waals surface area contributed by atoms with Crippen molar-refractivity contribution in [3.05, 3.63) is 82.7 Å². The molecule has 0 bridgehead atoms. The summed E-state index contributed by atoms with van der Waals surface area (Å²) in [6.45, 7) is 3.58. The van der Waals surface area contributed by atoms with Crippen LogP contribution >= 0.6 is 11.6 Å². The summed E-state index contributed by atoms with van der Waals surface area (Å²) in [5.74, 6) is -3.49. The molecule has 0 N–H and O–H groups in total. The van der Waals surface area contributed by atoms with Crippen LogP contribution in [0.4, 0.5) is 13.2 Å². The minimum absolute atomic E-state index is 0.129. The summed E-state index contributed by atoms with van der Waals surface area (Å²) in [7, 11) is 0. The third kappa shape index (κ3) is 4.88. The molecule has 0 radical (unpaired) electrons. The maximum Gasteiger partial charge on any atom is 0.314 e. The van der Waals surface area contributed by atoms with Crippen LogP contribution in [0, 0.1) is 5.92 Å². The Bertz CT molecular complexity index is 769. The molecule has 2 aromatic carbocycles. The normalized spacial score (nSPS) is 13.2. The van der Waals surface area contributed by atoms with E-state index in [0.29, 0.717) is 10.6 Å². The maximum atomic E-state index is 14.0. The highest BCUT2D eigenvalue weighted by Gasteiger charge is 2.32. The Kier molecular flexibility index (Phi) is 6.86. The summed E-state index contributed by atoms with van der Waals surface area (Å²) in [6, 6.07) is 14.2. The van der Waals surface area contributed by atoms with Gasteiger partial charge in [0.2, 0.25) is 5.83 Å². The van der Waals surface area contributed by atoms with Crippen molar-refractivity contribution in [3.8, 4) is 0 Å². The van der Waals surface area contributed by atoms with Crippen LogP contribution < -0.4 is 0 Å². The molecule has 2 nitrogen and oxygen atoms in total. The molecule has 0 amide bonds. The number of esters is 1. The lowest BCUT2D eigenvalue weighted by Gasteiger charge is -2.23. The smallest absolute Gasteiger partial charge is 0.314 e. The molecule has 2 unspecified atom stereocenters. The van der Waals surface area contributed by atoms with Crippen molar-refractivity contribution >= 4 is 17.6 Å². The molecule has 0 saturated carbocycles. The molecule has 6 heteroatoms. The van der Waals surface area contributed by atoms with E-state index in [1.807, 2.05) is 0 Å². The van der Waals surface area contributed by atoms with Crippen molar-refractivity contribution in [2.75, 3.05) is 0 Å². The Labute approximate surface area is 155 Å². The average molecular weight is 383 g/mol. The molecular weight excluding hydrogens is 365 g/mol. The van der Waals surface area contributed by atoms with Gasteiger partial charge in [0.25, 0.3) is 0 Å². The van der Waals surface area contributed by atoms with Crippen LogP contribution in [0.5, 0.6) is 0 Å². The number of ether oxygens (including phenoxy) is 1. The third-order valence-corrected chi connectivity index (χ3v) is 4.15. The first kappa shape index (κ1) is 20.0. The minimum atomic E-state index is -2.51. The van der Waals surface area contributed by atoms with E-state index >= 15 is 0 Å². The Hall–Kier alpha value is -2.27. The van der Waals surface area contributed by atoms with Crippen molar-refractivity contribution in [2.45, 2.75) is 25.9 Å². The van der Waals surface area contributed by atoms with Gasteiger partial charge in [-0.05, 0) is 29.2 Å². The fourth-order valence-corrected chi connectivity index (χ4v) is 2.77. The Morgan fingerprint density at radius 3 is 2.00 bits per heavy atom. The highest BCUT2D eigenvalue weighted by atomic mass is 35.5. The molecule has 0 heterocycles. The van der Waals surface area contributed by atoms with Crippen molar-refractivity contribution in [3.63, 3.8) is 0 Å². The highest BCUT2D eigenvalue weighted by Crippen LogP contribution is 2.34. The summed E-state index contributed by atoms with van der Waals surface area (Å²) in [4.78, 5) is 12.7. The van der Waals surface area contributed by atoms with Gasteiger partial charge >= 0.3 is 12.0 Å². The van der Waals surface area contributed by atoms with Crippen LogP contribution in [-0.2, 0) is 9.53 Å². The van der Waals surface area contributed by atoms with Crippen LogP contribution in [0.3, 0.4) is 0 Å². The lowest BCUT2D eigenvalue weighted by molar-refractivity contribution is -0.151. The van der Waals surface area contributed by atoms with E-state index in [-0.39, 0.29) is 11.5 Å². The summed E-state index contributed by atoms with van der Waals surface area (Å²) in [5, 5.41) is 0.500. The summed E-state index contributed by atoms with van der Waals surface area (Å²) in [6.07, 6.45) is -4.30. The van der Waals surface area contributed by atoms with Crippen molar-refractivity contribution in [1.82, 2.24) is 0 Å². The zero-order chi connectivity index (χ0) is 19.3. The van der Waals surface area contributed by atoms with Crippen LogP contribution in [-0.4, -0.2) is 5.97 Å². The second-order valence-electron chi connectivity index (χ2n) is 6.11. The lowest BCUT2D eigenvalue weighted by atomic mass is 9.88. The topological polar surface area (TPSA) is 26.3 Å². The predicted octanol–water partition coefficient (Wildman–Crippen LogP) is 6.44. The van der Waals surface area contributed by atoms with E-state index < -0.39 is 29.9 Å². The number of benzene rings is 2.